The number of benzene rings is 1. The molecule has 1 aromatic heterocycles. The summed E-state index contributed by atoms with van der Waals surface area (Å²) in [6.07, 6.45) is 1.13. The number of H-pyrrole nitrogens is 1. The Hall–Kier alpha value is -1.20. The zero-order valence-electron chi connectivity index (χ0n) is 11.0. The van der Waals surface area contributed by atoms with Gasteiger partial charge in [0.15, 0.2) is 5.16 Å². The highest BCUT2D eigenvalue weighted by Gasteiger charge is 2.05. The lowest BCUT2D eigenvalue weighted by Gasteiger charge is -2.07. The second kappa shape index (κ2) is 6.11. The Morgan fingerprint density at radius 1 is 1.50 bits per heavy atom. The molecule has 0 saturated heterocycles. The number of imidazole rings is 1. The zero-order valence-corrected chi connectivity index (χ0v) is 11.8. The first kappa shape index (κ1) is 13.2. The number of methoxy groups -OCH3 is 1. The van der Waals surface area contributed by atoms with E-state index in [9.17, 15) is 0 Å². The quantitative estimate of drug-likeness (QED) is 0.788. The molecule has 0 amide bonds. The van der Waals surface area contributed by atoms with E-state index < -0.39 is 0 Å². The number of fused-ring (bicyclic) bond motifs is 1. The molecule has 0 radical (unpaired) electrons. The topological polar surface area (TPSA) is 49.9 Å². The number of aromatic nitrogens is 2. The third-order valence-electron chi connectivity index (χ3n) is 2.95. The molecule has 0 aliphatic heterocycles. The van der Waals surface area contributed by atoms with Crippen LogP contribution in [0, 0.1) is 0 Å². The number of hydrogen-bond acceptors (Lipinski definition) is 4. The molecule has 18 heavy (non-hydrogen) atoms. The van der Waals surface area contributed by atoms with Gasteiger partial charge in [-0.25, -0.2) is 4.98 Å². The number of hydrogen-bond donors (Lipinski definition) is 2. The molecule has 98 valence electrons. The number of nitrogens with zero attached hydrogens (tertiary/aromatic N) is 1. The fraction of sp³-hybridized carbons (Fsp3) is 0.462. The Morgan fingerprint density at radius 2 is 2.33 bits per heavy atom. The van der Waals surface area contributed by atoms with Gasteiger partial charge in [-0.3, -0.25) is 0 Å². The first-order valence-electron chi connectivity index (χ1n) is 6.06. The molecule has 0 saturated carbocycles. The van der Waals surface area contributed by atoms with Crippen LogP contribution in [-0.4, -0.2) is 35.9 Å². The van der Waals surface area contributed by atoms with Crippen molar-refractivity contribution in [3.05, 3.63) is 18.2 Å². The highest BCUT2D eigenvalue weighted by atomic mass is 32.2. The average molecular weight is 265 g/mol. The summed E-state index contributed by atoms with van der Waals surface area (Å²) in [4.78, 5) is 7.86. The maximum absolute atomic E-state index is 5.20. The molecule has 0 aliphatic carbocycles. The van der Waals surface area contributed by atoms with Gasteiger partial charge in [0, 0.05) is 17.9 Å². The molecule has 1 aromatic carbocycles. The van der Waals surface area contributed by atoms with Crippen molar-refractivity contribution in [3.63, 3.8) is 0 Å². The minimum absolute atomic E-state index is 0.543. The van der Waals surface area contributed by atoms with E-state index in [1.165, 1.54) is 0 Å². The number of nitrogens with one attached hydrogen (secondary N) is 2. The van der Waals surface area contributed by atoms with E-state index in [1.54, 1.807) is 18.9 Å². The van der Waals surface area contributed by atoms with Gasteiger partial charge in [0.2, 0.25) is 0 Å². The zero-order chi connectivity index (χ0) is 13.0. The highest BCUT2D eigenvalue weighted by Crippen LogP contribution is 2.23. The summed E-state index contributed by atoms with van der Waals surface area (Å²) in [7, 11) is 3.66. The van der Waals surface area contributed by atoms with E-state index in [2.05, 4.69) is 22.2 Å². The van der Waals surface area contributed by atoms with E-state index in [1.807, 2.05) is 25.2 Å². The third kappa shape index (κ3) is 3.17. The van der Waals surface area contributed by atoms with Gasteiger partial charge in [0.1, 0.15) is 5.75 Å². The predicted molar refractivity (Wildman–Crippen MR) is 76.5 cm³/mol. The van der Waals surface area contributed by atoms with Crippen LogP contribution in [0.15, 0.2) is 23.4 Å². The van der Waals surface area contributed by atoms with Crippen LogP contribution in [0.1, 0.15) is 13.3 Å². The van der Waals surface area contributed by atoms with Crippen LogP contribution in [-0.2, 0) is 0 Å². The molecule has 1 heterocycles. The molecule has 5 heteroatoms. The second-order valence-electron chi connectivity index (χ2n) is 4.25. The van der Waals surface area contributed by atoms with Crippen LogP contribution in [0.5, 0.6) is 5.75 Å². The van der Waals surface area contributed by atoms with Crippen molar-refractivity contribution in [2.45, 2.75) is 24.5 Å². The van der Waals surface area contributed by atoms with Crippen molar-refractivity contribution in [1.82, 2.24) is 15.3 Å². The normalized spacial score (nSPS) is 12.8. The van der Waals surface area contributed by atoms with Crippen LogP contribution >= 0.6 is 11.8 Å². The molecule has 0 bridgehead atoms. The monoisotopic (exact) mass is 265 g/mol. The number of rotatable bonds is 6. The van der Waals surface area contributed by atoms with Crippen molar-refractivity contribution < 1.29 is 4.74 Å². The first-order valence-corrected chi connectivity index (χ1v) is 7.05. The average Bonchev–Trinajstić information content (AvgIpc) is 2.79. The van der Waals surface area contributed by atoms with Crippen LogP contribution in [0.3, 0.4) is 0 Å². The molecule has 0 aliphatic rings. The summed E-state index contributed by atoms with van der Waals surface area (Å²) >= 11 is 1.76. The third-order valence-corrected chi connectivity index (χ3v) is 3.86. The highest BCUT2D eigenvalue weighted by molar-refractivity contribution is 7.99. The van der Waals surface area contributed by atoms with Crippen molar-refractivity contribution in [3.8, 4) is 5.75 Å². The van der Waals surface area contributed by atoms with Crippen LogP contribution < -0.4 is 10.1 Å². The van der Waals surface area contributed by atoms with Crippen molar-refractivity contribution in [2.24, 2.45) is 0 Å². The summed E-state index contributed by atoms with van der Waals surface area (Å²) in [5, 5.41) is 4.21. The molecule has 1 atom stereocenters. The van der Waals surface area contributed by atoms with Crippen molar-refractivity contribution in [2.75, 3.05) is 19.9 Å². The van der Waals surface area contributed by atoms with E-state index >= 15 is 0 Å². The molecule has 4 nitrogen and oxygen atoms in total. The summed E-state index contributed by atoms with van der Waals surface area (Å²) in [5.41, 5.74) is 2.01. The Balaban J connectivity index is 2.01. The SMILES string of the molecule is CNC(C)CCSc1nc2ccc(OC)cc2[nH]1. The molecule has 2 rings (SSSR count). The van der Waals surface area contributed by atoms with Gasteiger partial charge in [-0.05, 0) is 32.5 Å². The maximum Gasteiger partial charge on any atom is 0.166 e. The van der Waals surface area contributed by atoms with Crippen LogP contribution in [0.2, 0.25) is 0 Å². The summed E-state index contributed by atoms with van der Waals surface area (Å²) < 4.78 is 5.20. The summed E-state index contributed by atoms with van der Waals surface area (Å²) in [6, 6.07) is 6.43. The van der Waals surface area contributed by atoms with Gasteiger partial charge in [-0.15, -0.1) is 0 Å². The fourth-order valence-electron chi connectivity index (χ4n) is 1.64. The van der Waals surface area contributed by atoms with Crippen molar-refractivity contribution >= 4 is 22.8 Å². The number of aromatic amines is 1. The molecule has 0 fully saturated rings. The number of thioether (sulfide) groups is 1. The molecule has 0 spiro atoms. The lowest BCUT2D eigenvalue weighted by Crippen LogP contribution is -2.21. The minimum Gasteiger partial charge on any atom is -0.497 e. The van der Waals surface area contributed by atoms with E-state index in [-0.39, 0.29) is 0 Å². The summed E-state index contributed by atoms with van der Waals surface area (Å²) in [6.45, 7) is 2.18. The Kier molecular flexibility index (Phi) is 4.49. The van der Waals surface area contributed by atoms with Gasteiger partial charge in [0.25, 0.3) is 0 Å². The fourth-order valence-corrected chi connectivity index (χ4v) is 2.65. The standard InChI is InChI=1S/C13H19N3OS/c1-9(14-2)6-7-18-13-15-11-5-4-10(17-3)8-12(11)16-13/h4-5,8-9,14H,6-7H2,1-3H3,(H,15,16). The molecule has 2 N–H and O–H groups in total. The van der Waals surface area contributed by atoms with E-state index in [0.717, 1.165) is 34.1 Å². The van der Waals surface area contributed by atoms with Crippen LogP contribution in [0.25, 0.3) is 11.0 Å². The Morgan fingerprint density at radius 3 is 3.06 bits per heavy atom. The second-order valence-corrected chi connectivity index (χ2v) is 5.34. The summed E-state index contributed by atoms with van der Waals surface area (Å²) in [5.74, 6) is 1.91. The predicted octanol–water partition coefficient (Wildman–Crippen LogP) is 2.66. The Bertz CT molecular complexity index is 512. The first-order chi connectivity index (χ1) is 8.72. The van der Waals surface area contributed by atoms with Gasteiger partial charge < -0.3 is 15.0 Å². The molecule has 2 aromatic rings. The van der Waals surface area contributed by atoms with Gasteiger partial charge in [0.05, 0.1) is 18.1 Å². The largest absolute Gasteiger partial charge is 0.497 e. The molecular formula is C13H19N3OS. The van der Waals surface area contributed by atoms with E-state index in [4.69, 9.17) is 4.74 Å². The minimum atomic E-state index is 0.543. The smallest absolute Gasteiger partial charge is 0.166 e. The van der Waals surface area contributed by atoms with Crippen LogP contribution in [0.4, 0.5) is 0 Å². The van der Waals surface area contributed by atoms with Gasteiger partial charge in [-0.2, -0.15) is 0 Å². The number of ether oxygens (including phenoxy) is 1. The van der Waals surface area contributed by atoms with Gasteiger partial charge >= 0.3 is 0 Å². The molecular weight excluding hydrogens is 246 g/mol. The molecule has 1 unspecified atom stereocenters. The Labute approximate surface area is 112 Å². The lowest BCUT2D eigenvalue weighted by molar-refractivity contribution is 0.415. The van der Waals surface area contributed by atoms with Gasteiger partial charge in [-0.1, -0.05) is 11.8 Å². The maximum atomic E-state index is 5.20. The van der Waals surface area contributed by atoms with E-state index in [0.29, 0.717) is 6.04 Å². The lowest BCUT2D eigenvalue weighted by atomic mass is 10.3. The van der Waals surface area contributed by atoms with Crippen molar-refractivity contribution in [1.29, 1.82) is 0 Å².